The summed E-state index contributed by atoms with van der Waals surface area (Å²) >= 11 is 0. The Kier molecular flexibility index (Phi) is 13.4. The molecule has 13 heteroatoms. The molecular weight excluding hydrogens is 542 g/mol. The van der Waals surface area contributed by atoms with Crippen molar-refractivity contribution in [2.45, 2.75) is 115 Å². The van der Waals surface area contributed by atoms with Crippen LogP contribution in [0.15, 0.2) is 0 Å². The van der Waals surface area contributed by atoms with Crippen molar-refractivity contribution in [2.75, 3.05) is 54.2 Å². The molecule has 0 spiro atoms. The van der Waals surface area contributed by atoms with Gasteiger partial charge in [-0.05, 0) is 55.4 Å². The molecular formula is C28H49NO12. The number of hydrogen-bond donors (Lipinski definition) is 0. The molecule has 0 radical (unpaired) electrons. The average molecular weight is 592 g/mol. The van der Waals surface area contributed by atoms with Gasteiger partial charge in [0.05, 0.1) is 25.9 Å². The second-order valence-corrected chi connectivity index (χ2v) is 11.8. The second kappa shape index (κ2) is 15.3. The number of carbonyl (C=O) groups excluding carboxylic acids is 1. The molecule has 1 unspecified atom stereocenters. The highest BCUT2D eigenvalue weighted by atomic mass is 16.8. The molecule has 0 aromatic heterocycles. The number of methoxy groups -OCH3 is 2. The Morgan fingerprint density at radius 2 is 1.61 bits per heavy atom. The van der Waals surface area contributed by atoms with E-state index in [2.05, 4.69) is 6.07 Å². The maximum absolute atomic E-state index is 13.5. The third kappa shape index (κ3) is 10.7. The molecule has 41 heavy (non-hydrogen) atoms. The highest BCUT2D eigenvalue weighted by Gasteiger charge is 2.56. The van der Waals surface area contributed by atoms with Crippen LogP contribution in [0.4, 0.5) is 0 Å². The summed E-state index contributed by atoms with van der Waals surface area (Å²) in [5, 5.41) is 10.4. The highest BCUT2D eigenvalue weighted by Crippen LogP contribution is 2.39. The first-order chi connectivity index (χ1) is 19.1. The molecule has 2 fully saturated rings. The number of nitriles is 1. The molecule has 2 aliphatic rings. The Balaban J connectivity index is 2.48. The zero-order valence-corrected chi connectivity index (χ0v) is 26.2. The molecule has 0 N–H and O–H groups in total. The number of esters is 1. The van der Waals surface area contributed by atoms with Crippen LogP contribution in [-0.4, -0.2) is 113 Å². The fourth-order valence-electron chi connectivity index (χ4n) is 4.65. The summed E-state index contributed by atoms with van der Waals surface area (Å²) in [5.41, 5.74) is -2.90. The summed E-state index contributed by atoms with van der Waals surface area (Å²) in [4.78, 5) is 13.5. The van der Waals surface area contributed by atoms with Gasteiger partial charge in [0.15, 0.2) is 11.6 Å². The standard InChI is InChI=1S/C28H49NO12/c1-11-33-12-13-36-28(16-29,24(30)41-25(2,3)4)14-19-22(40-27(7,8)38-19)23(35-18-32-10)21(34-17-31-9)20-15-37-26(5,6)39-20/h19-23H,11-15,17-18H2,1-10H3/t19-,20+,21+,22+,23+,28?/m0/s1. The average Bonchev–Trinajstić information content (AvgIpc) is 3.38. The molecule has 0 amide bonds. The van der Waals surface area contributed by atoms with E-state index >= 15 is 0 Å². The van der Waals surface area contributed by atoms with Crippen LogP contribution >= 0.6 is 0 Å². The summed E-state index contributed by atoms with van der Waals surface area (Å²) < 4.78 is 64.1. The van der Waals surface area contributed by atoms with Crippen LogP contribution in [-0.2, 0) is 56.9 Å². The lowest BCUT2D eigenvalue weighted by Gasteiger charge is -2.37. The molecule has 0 saturated carbocycles. The minimum atomic E-state index is -2.03. The van der Waals surface area contributed by atoms with Crippen LogP contribution in [0, 0.1) is 11.3 Å². The van der Waals surface area contributed by atoms with Crippen molar-refractivity contribution in [2.24, 2.45) is 0 Å². The number of ether oxygens (including phenoxy) is 11. The van der Waals surface area contributed by atoms with Crippen LogP contribution in [0.25, 0.3) is 0 Å². The quantitative estimate of drug-likeness (QED) is 0.139. The van der Waals surface area contributed by atoms with Gasteiger partial charge in [0.1, 0.15) is 49.7 Å². The minimum Gasteiger partial charge on any atom is -0.457 e. The lowest BCUT2D eigenvalue weighted by atomic mass is 9.90. The van der Waals surface area contributed by atoms with Gasteiger partial charge in [0.25, 0.3) is 5.60 Å². The van der Waals surface area contributed by atoms with E-state index in [9.17, 15) is 10.1 Å². The van der Waals surface area contributed by atoms with Gasteiger partial charge in [0, 0.05) is 27.2 Å². The molecule has 2 saturated heterocycles. The van der Waals surface area contributed by atoms with Gasteiger partial charge < -0.3 is 52.1 Å². The summed E-state index contributed by atoms with van der Waals surface area (Å²) in [5.74, 6) is -2.80. The van der Waals surface area contributed by atoms with Gasteiger partial charge in [-0.3, -0.25) is 0 Å². The largest absolute Gasteiger partial charge is 0.457 e. The van der Waals surface area contributed by atoms with E-state index in [4.69, 9.17) is 52.1 Å². The first kappa shape index (κ1) is 35.8. The first-order valence-electron chi connectivity index (χ1n) is 13.9. The minimum absolute atomic E-state index is 0.0200. The fraction of sp³-hybridized carbons (Fsp3) is 0.929. The second-order valence-electron chi connectivity index (χ2n) is 11.8. The molecule has 2 heterocycles. The molecule has 0 aliphatic carbocycles. The zero-order valence-electron chi connectivity index (χ0n) is 26.2. The Morgan fingerprint density at radius 3 is 2.12 bits per heavy atom. The summed E-state index contributed by atoms with van der Waals surface area (Å²) in [6.07, 6.45) is -4.17. The number of nitrogens with zero attached hydrogens (tertiary/aromatic N) is 1. The van der Waals surface area contributed by atoms with Gasteiger partial charge in [-0.25, -0.2) is 4.79 Å². The maximum Gasteiger partial charge on any atom is 0.354 e. The van der Waals surface area contributed by atoms with Crippen molar-refractivity contribution in [3.05, 3.63) is 0 Å². The zero-order chi connectivity index (χ0) is 30.9. The van der Waals surface area contributed by atoms with Gasteiger partial charge >= 0.3 is 5.97 Å². The lowest BCUT2D eigenvalue weighted by Crippen LogP contribution is -2.55. The molecule has 6 atom stereocenters. The van der Waals surface area contributed by atoms with E-state index in [1.54, 1.807) is 48.5 Å². The maximum atomic E-state index is 13.5. The van der Waals surface area contributed by atoms with Gasteiger partial charge in [-0.2, -0.15) is 5.26 Å². The van der Waals surface area contributed by atoms with Crippen LogP contribution in [0.3, 0.4) is 0 Å². The third-order valence-electron chi connectivity index (χ3n) is 6.20. The van der Waals surface area contributed by atoms with Crippen LogP contribution < -0.4 is 0 Å². The van der Waals surface area contributed by atoms with Crippen LogP contribution in [0.2, 0.25) is 0 Å². The van der Waals surface area contributed by atoms with Crippen molar-refractivity contribution in [1.29, 1.82) is 5.26 Å². The monoisotopic (exact) mass is 591 g/mol. The predicted molar refractivity (Wildman–Crippen MR) is 143 cm³/mol. The summed E-state index contributed by atoms with van der Waals surface area (Å²) in [6.45, 7) is 14.7. The number of hydrogen-bond acceptors (Lipinski definition) is 13. The SMILES string of the molecule is CCOCCOC(C#N)(C[C@@H]1OC(C)(C)O[C@H]1[C@H](OCOC)[C@H](OCOC)[C@H]1COC(C)(C)O1)C(=O)OC(C)(C)C. The van der Waals surface area contributed by atoms with Crippen molar-refractivity contribution < 1.29 is 56.9 Å². The van der Waals surface area contributed by atoms with Gasteiger partial charge in [-0.1, -0.05) is 0 Å². The molecule has 2 rings (SSSR count). The van der Waals surface area contributed by atoms with Gasteiger partial charge in [-0.15, -0.1) is 0 Å². The van der Waals surface area contributed by atoms with E-state index in [1.165, 1.54) is 14.2 Å². The normalized spacial score (nSPS) is 26.7. The summed E-state index contributed by atoms with van der Waals surface area (Å²) in [7, 11) is 2.99. The molecule has 238 valence electrons. The van der Waals surface area contributed by atoms with E-state index in [0.717, 1.165) is 0 Å². The Bertz CT molecular complexity index is 854. The first-order valence-corrected chi connectivity index (χ1v) is 13.9. The van der Waals surface area contributed by atoms with E-state index in [-0.39, 0.29) is 39.8 Å². The predicted octanol–water partition coefficient (Wildman–Crippen LogP) is 2.68. The smallest absolute Gasteiger partial charge is 0.354 e. The van der Waals surface area contributed by atoms with E-state index in [1.807, 2.05) is 6.92 Å². The van der Waals surface area contributed by atoms with Crippen molar-refractivity contribution in [3.63, 3.8) is 0 Å². The topological polar surface area (TPSA) is 142 Å². The molecule has 0 aromatic carbocycles. The highest BCUT2D eigenvalue weighted by molar-refractivity contribution is 5.83. The Morgan fingerprint density at radius 1 is 0.976 bits per heavy atom. The third-order valence-corrected chi connectivity index (χ3v) is 6.20. The van der Waals surface area contributed by atoms with Crippen molar-refractivity contribution in [3.8, 4) is 6.07 Å². The summed E-state index contributed by atoms with van der Waals surface area (Å²) in [6, 6.07) is 2.05. The van der Waals surface area contributed by atoms with E-state index < -0.39 is 59.3 Å². The molecule has 2 aliphatic heterocycles. The van der Waals surface area contributed by atoms with Crippen molar-refractivity contribution >= 4 is 5.97 Å². The van der Waals surface area contributed by atoms with Gasteiger partial charge in [0.2, 0.25) is 0 Å². The molecule has 0 bridgehead atoms. The van der Waals surface area contributed by atoms with Crippen molar-refractivity contribution in [1.82, 2.24) is 0 Å². The van der Waals surface area contributed by atoms with Crippen LogP contribution in [0.1, 0.15) is 61.8 Å². The number of carbonyl (C=O) groups is 1. The fourth-order valence-corrected chi connectivity index (χ4v) is 4.65. The lowest BCUT2D eigenvalue weighted by molar-refractivity contribution is -0.233. The Hall–Kier alpha value is -1.44. The Labute approximate surface area is 243 Å². The van der Waals surface area contributed by atoms with E-state index in [0.29, 0.717) is 6.61 Å². The molecule has 0 aromatic rings. The number of rotatable bonds is 17. The molecule has 13 nitrogen and oxygen atoms in total. The van der Waals surface area contributed by atoms with Crippen LogP contribution in [0.5, 0.6) is 0 Å².